The molecular formula is C17H26ClN3O2. The molecule has 0 unspecified atom stereocenters. The zero-order valence-electron chi connectivity index (χ0n) is 14.1. The van der Waals surface area contributed by atoms with Crippen molar-refractivity contribution in [3.63, 3.8) is 0 Å². The van der Waals surface area contributed by atoms with Gasteiger partial charge >= 0.3 is 0 Å². The molecule has 128 valence electrons. The van der Waals surface area contributed by atoms with Gasteiger partial charge in [0.2, 0.25) is 5.91 Å². The van der Waals surface area contributed by atoms with E-state index in [0.717, 1.165) is 0 Å². The highest BCUT2D eigenvalue weighted by molar-refractivity contribution is 6.30. The summed E-state index contributed by atoms with van der Waals surface area (Å²) in [5.41, 5.74) is 6.15. The number of nitrogens with zero attached hydrogens (tertiary/aromatic N) is 1. The monoisotopic (exact) mass is 339 g/mol. The van der Waals surface area contributed by atoms with Gasteiger partial charge in [0.15, 0.2) is 0 Å². The molecule has 0 aliphatic heterocycles. The average molecular weight is 340 g/mol. The molecule has 0 atom stereocenters. The highest BCUT2D eigenvalue weighted by atomic mass is 35.5. The minimum Gasteiger partial charge on any atom is -0.352 e. The van der Waals surface area contributed by atoms with E-state index in [-0.39, 0.29) is 17.2 Å². The van der Waals surface area contributed by atoms with Gasteiger partial charge in [-0.25, -0.2) is 0 Å². The summed E-state index contributed by atoms with van der Waals surface area (Å²) in [5, 5.41) is 3.39. The van der Waals surface area contributed by atoms with Crippen molar-refractivity contribution in [2.75, 3.05) is 26.7 Å². The number of carbonyl (C=O) groups excluding carboxylic acids is 2. The molecule has 3 N–H and O–H groups in total. The zero-order chi connectivity index (χ0) is 17.5. The quantitative estimate of drug-likeness (QED) is 0.713. The molecule has 0 saturated heterocycles. The molecule has 1 aromatic carbocycles. The Bertz CT molecular complexity index is 529. The van der Waals surface area contributed by atoms with E-state index >= 15 is 0 Å². The lowest BCUT2D eigenvalue weighted by Crippen LogP contribution is -2.39. The summed E-state index contributed by atoms with van der Waals surface area (Å²) in [6.45, 7) is 5.68. The number of amides is 2. The molecule has 23 heavy (non-hydrogen) atoms. The molecule has 0 bridgehead atoms. The first-order valence-corrected chi connectivity index (χ1v) is 8.11. The van der Waals surface area contributed by atoms with Crippen LogP contribution in [0.5, 0.6) is 0 Å². The van der Waals surface area contributed by atoms with Crippen molar-refractivity contribution in [3.05, 3.63) is 34.9 Å². The van der Waals surface area contributed by atoms with Gasteiger partial charge in [-0.2, -0.15) is 0 Å². The summed E-state index contributed by atoms with van der Waals surface area (Å²) in [6.07, 6.45) is 1.00. The van der Waals surface area contributed by atoms with Crippen molar-refractivity contribution in [2.24, 2.45) is 11.1 Å². The normalized spacial score (nSPS) is 11.2. The Labute approximate surface area is 143 Å². The Morgan fingerprint density at radius 1 is 1.26 bits per heavy atom. The second kappa shape index (κ2) is 8.89. The van der Waals surface area contributed by atoms with Crippen LogP contribution in [0.15, 0.2) is 24.3 Å². The maximum Gasteiger partial charge on any atom is 0.251 e. The minimum absolute atomic E-state index is 0.0623. The lowest BCUT2D eigenvalue weighted by molar-refractivity contribution is -0.131. The van der Waals surface area contributed by atoms with E-state index in [0.29, 0.717) is 43.1 Å². The summed E-state index contributed by atoms with van der Waals surface area (Å²) < 4.78 is 0. The fourth-order valence-corrected chi connectivity index (χ4v) is 2.26. The van der Waals surface area contributed by atoms with Gasteiger partial charge in [0.05, 0.1) is 0 Å². The van der Waals surface area contributed by atoms with Gasteiger partial charge < -0.3 is 16.0 Å². The average Bonchev–Trinajstić information content (AvgIpc) is 2.51. The van der Waals surface area contributed by atoms with E-state index in [9.17, 15) is 9.59 Å². The number of hydrogen-bond donors (Lipinski definition) is 2. The summed E-state index contributed by atoms with van der Waals surface area (Å²) in [5.74, 6) is -0.0981. The van der Waals surface area contributed by atoms with Gasteiger partial charge in [-0.3, -0.25) is 9.59 Å². The fraction of sp³-hybridized carbons (Fsp3) is 0.529. The highest BCUT2D eigenvalue weighted by Gasteiger charge is 2.20. The zero-order valence-corrected chi connectivity index (χ0v) is 14.8. The van der Waals surface area contributed by atoms with Gasteiger partial charge in [-0.15, -0.1) is 0 Å². The number of nitrogens with two attached hydrogens (primary N) is 1. The van der Waals surface area contributed by atoms with Crippen LogP contribution in [-0.4, -0.2) is 43.4 Å². The largest absolute Gasteiger partial charge is 0.352 e. The maximum absolute atomic E-state index is 12.0. The number of rotatable bonds is 8. The Kier molecular flexibility index (Phi) is 7.52. The van der Waals surface area contributed by atoms with E-state index in [1.807, 2.05) is 13.8 Å². The van der Waals surface area contributed by atoms with E-state index in [2.05, 4.69) is 5.32 Å². The van der Waals surface area contributed by atoms with Gasteiger partial charge in [0.1, 0.15) is 0 Å². The first-order chi connectivity index (χ1) is 10.7. The van der Waals surface area contributed by atoms with E-state index < -0.39 is 0 Å². The second-order valence-corrected chi connectivity index (χ2v) is 6.92. The van der Waals surface area contributed by atoms with Crippen LogP contribution in [0.1, 0.15) is 37.0 Å². The van der Waals surface area contributed by atoms with Gasteiger partial charge in [-0.05, 0) is 42.6 Å². The van der Waals surface area contributed by atoms with E-state index in [4.69, 9.17) is 17.3 Å². The standard InChI is InChI=1S/C17H26ClN3O2/c1-17(2,11-19)12-21(3)15(22)5-4-10-20-16(23)13-6-8-14(18)9-7-13/h6-9H,4-5,10-12,19H2,1-3H3,(H,20,23). The van der Waals surface area contributed by atoms with Crippen molar-refractivity contribution >= 4 is 23.4 Å². The number of hydrogen-bond acceptors (Lipinski definition) is 3. The van der Waals surface area contributed by atoms with Crippen molar-refractivity contribution in [3.8, 4) is 0 Å². The molecule has 0 aliphatic carbocycles. The summed E-state index contributed by atoms with van der Waals surface area (Å²) >= 11 is 5.78. The molecule has 0 spiro atoms. The lowest BCUT2D eigenvalue weighted by atomic mass is 9.93. The van der Waals surface area contributed by atoms with E-state index in [1.54, 1.807) is 36.2 Å². The van der Waals surface area contributed by atoms with Crippen LogP contribution in [0.2, 0.25) is 5.02 Å². The third-order valence-electron chi connectivity index (χ3n) is 3.60. The predicted octanol–water partition coefficient (Wildman–Crippen LogP) is 2.29. The molecule has 1 rings (SSSR count). The van der Waals surface area contributed by atoms with E-state index in [1.165, 1.54) is 0 Å². The smallest absolute Gasteiger partial charge is 0.251 e. The Hall–Kier alpha value is -1.59. The molecule has 1 aromatic rings. The lowest BCUT2D eigenvalue weighted by Gasteiger charge is -2.29. The molecule has 2 amide bonds. The van der Waals surface area contributed by atoms with Gasteiger partial charge in [-0.1, -0.05) is 25.4 Å². The van der Waals surface area contributed by atoms with Crippen LogP contribution in [0.4, 0.5) is 0 Å². The second-order valence-electron chi connectivity index (χ2n) is 6.48. The van der Waals surface area contributed by atoms with Crippen LogP contribution in [-0.2, 0) is 4.79 Å². The van der Waals surface area contributed by atoms with Crippen molar-refractivity contribution in [1.29, 1.82) is 0 Å². The Morgan fingerprint density at radius 3 is 2.43 bits per heavy atom. The summed E-state index contributed by atoms with van der Waals surface area (Å²) in [7, 11) is 1.78. The number of benzene rings is 1. The summed E-state index contributed by atoms with van der Waals surface area (Å²) in [6, 6.07) is 6.69. The SMILES string of the molecule is CN(CC(C)(C)CN)C(=O)CCCNC(=O)c1ccc(Cl)cc1. The van der Waals surface area contributed by atoms with Crippen molar-refractivity contribution in [2.45, 2.75) is 26.7 Å². The molecule has 0 fully saturated rings. The molecule has 6 heteroatoms. The topological polar surface area (TPSA) is 75.4 Å². The third kappa shape index (κ3) is 7.01. The van der Waals surface area contributed by atoms with Crippen LogP contribution in [0, 0.1) is 5.41 Å². The highest BCUT2D eigenvalue weighted by Crippen LogP contribution is 2.14. The van der Waals surface area contributed by atoms with Crippen LogP contribution >= 0.6 is 11.6 Å². The van der Waals surface area contributed by atoms with Crippen LogP contribution in [0.25, 0.3) is 0 Å². The maximum atomic E-state index is 12.0. The number of halogens is 1. The van der Waals surface area contributed by atoms with Gasteiger partial charge in [0, 0.05) is 37.1 Å². The molecule has 0 saturated carbocycles. The van der Waals surface area contributed by atoms with Crippen molar-refractivity contribution in [1.82, 2.24) is 10.2 Å². The molecular weight excluding hydrogens is 314 g/mol. The molecule has 5 nitrogen and oxygen atoms in total. The molecule has 0 aliphatic rings. The summed E-state index contributed by atoms with van der Waals surface area (Å²) in [4.78, 5) is 25.6. The first kappa shape index (κ1) is 19.5. The first-order valence-electron chi connectivity index (χ1n) is 7.73. The molecule has 0 radical (unpaired) electrons. The number of carbonyl (C=O) groups is 2. The Morgan fingerprint density at radius 2 is 1.87 bits per heavy atom. The third-order valence-corrected chi connectivity index (χ3v) is 3.85. The van der Waals surface area contributed by atoms with Crippen LogP contribution < -0.4 is 11.1 Å². The predicted molar refractivity (Wildman–Crippen MR) is 93.5 cm³/mol. The Balaban J connectivity index is 2.30. The van der Waals surface area contributed by atoms with Crippen LogP contribution in [0.3, 0.4) is 0 Å². The molecule has 0 heterocycles. The minimum atomic E-state index is -0.160. The number of nitrogens with one attached hydrogen (secondary N) is 1. The van der Waals surface area contributed by atoms with Gasteiger partial charge in [0.25, 0.3) is 5.91 Å². The molecule has 0 aromatic heterocycles. The van der Waals surface area contributed by atoms with Crippen molar-refractivity contribution < 1.29 is 9.59 Å². The fourth-order valence-electron chi connectivity index (χ4n) is 2.13.